The van der Waals surface area contributed by atoms with Gasteiger partial charge in [-0.1, -0.05) is 0 Å². The highest BCUT2D eigenvalue weighted by Gasteiger charge is 2.16. The van der Waals surface area contributed by atoms with E-state index in [1.165, 1.54) is 0 Å². The Morgan fingerprint density at radius 2 is 2.16 bits per heavy atom. The third kappa shape index (κ3) is 4.52. The highest BCUT2D eigenvalue weighted by molar-refractivity contribution is 6.07. The Labute approximate surface area is 146 Å². The summed E-state index contributed by atoms with van der Waals surface area (Å²) in [6.07, 6.45) is 5.43. The molecule has 0 radical (unpaired) electrons. The minimum absolute atomic E-state index is 0.0200. The van der Waals surface area contributed by atoms with E-state index < -0.39 is 0 Å². The Kier molecular flexibility index (Phi) is 5.57. The van der Waals surface area contributed by atoms with Crippen LogP contribution in [-0.4, -0.2) is 47.2 Å². The zero-order chi connectivity index (χ0) is 17.6. The van der Waals surface area contributed by atoms with Gasteiger partial charge in [0.2, 0.25) is 11.7 Å². The van der Waals surface area contributed by atoms with Crippen molar-refractivity contribution in [2.75, 3.05) is 25.1 Å². The molecule has 1 aromatic heterocycles. The zero-order valence-corrected chi connectivity index (χ0v) is 14.1. The van der Waals surface area contributed by atoms with E-state index in [4.69, 9.17) is 9.47 Å². The maximum Gasteiger partial charge on any atom is 0.250 e. The van der Waals surface area contributed by atoms with Gasteiger partial charge in [0.05, 0.1) is 12.7 Å². The van der Waals surface area contributed by atoms with Crippen LogP contribution in [0.5, 0.6) is 0 Å². The monoisotopic (exact) mass is 343 g/mol. The lowest BCUT2D eigenvalue weighted by molar-refractivity contribution is -0.121. The third-order valence-electron chi connectivity index (χ3n) is 4.02. The minimum Gasteiger partial charge on any atom is -0.376 e. The summed E-state index contributed by atoms with van der Waals surface area (Å²) < 4.78 is 12.5. The van der Waals surface area contributed by atoms with Crippen LogP contribution in [0.2, 0.25) is 0 Å². The molecule has 25 heavy (non-hydrogen) atoms. The number of anilines is 1. The molecule has 7 heteroatoms. The number of ketones is 1. The fraction of sp³-hybridized carbons (Fsp3) is 0.389. The molecule has 1 atom stereocenters. The van der Waals surface area contributed by atoms with Crippen LogP contribution in [0.15, 0.2) is 36.7 Å². The summed E-state index contributed by atoms with van der Waals surface area (Å²) in [7, 11) is 1.77. The summed E-state index contributed by atoms with van der Waals surface area (Å²) in [6, 6.07) is 6.71. The summed E-state index contributed by atoms with van der Waals surface area (Å²) in [5.41, 5.74) is 1.13. The number of aromatic nitrogens is 2. The van der Waals surface area contributed by atoms with Gasteiger partial charge in [0.15, 0.2) is 5.82 Å². The normalized spacial score (nSPS) is 16.8. The van der Waals surface area contributed by atoms with Crippen LogP contribution in [0.4, 0.5) is 5.69 Å². The molecule has 132 valence electrons. The van der Waals surface area contributed by atoms with Gasteiger partial charge in [0.1, 0.15) is 6.61 Å². The van der Waals surface area contributed by atoms with Crippen molar-refractivity contribution in [2.24, 2.45) is 7.05 Å². The molecular formula is C18H21N3O4. The fourth-order valence-electron chi connectivity index (χ4n) is 2.67. The van der Waals surface area contributed by atoms with Gasteiger partial charge in [-0.3, -0.25) is 9.59 Å². The van der Waals surface area contributed by atoms with E-state index in [0.717, 1.165) is 19.4 Å². The van der Waals surface area contributed by atoms with E-state index in [9.17, 15) is 9.59 Å². The van der Waals surface area contributed by atoms with Gasteiger partial charge in [0.25, 0.3) is 0 Å². The zero-order valence-electron chi connectivity index (χ0n) is 14.1. The predicted molar refractivity (Wildman–Crippen MR) is 91.5 cm³/mol. The molecule has 2 heterocycles. The van der Waals surface area contributed by atoms with E-state index in [1.807, 2.05) is 0 Å². The van der Waals surface area contributed by atoms with Crippen molar-refractivity contribution in [1.82, 2.24) is 9.55 Å². The van der Waals surface area contributed by atoms with Crippen molar-refractivity contribution in [2.45, 2.75) is 18.9 Å². The second kappa shape index (κ2) is 8.04. The summed E-state index contributed by atoms with van der Waals surface area (Å²) in [4.78, 5) is 28.3. The summed E-state index contributed by atoms with van der Waals surface area (Å²) in [6.45, 7) is 1.18. The van der Waals surface area contributed by atoms with Crippen molar-refractivity contribution in [3.05, 3.63) is 48.0 Å². The number of nitrogens with zero attached hydrogens (tertiary/aromatic N) is 2. The topological polar surface area (TPSA) is 82.5 Å². The first-order valence-electron chi connectivity index (χ1n) is 8.25. The molecule has 0 bridgehead atoms. The standard InChI is InChI=1S/C18H21N3O4/c1-21-9-8-19-18(21)17(23)13-4-6-14(7-5-13)20-16(22)12-24-11-15-3-2-10-25-15/h4-9,15H,2-3,10-12H2,1H3,(H,20,22)/t15-/m1/s1. The van der Waals surface area contributed by atoms with E-state index in [1.54, 1.807) is 48.3 Å². The Hall–Kier alpha value is -2.51. The predicted octanol–water partition coefficient (Wildman–Crippen LogP) is 1.79. The molecule has 1 N–H and O–H groups in total. The van der Waals surface area contributed by atoms with E-state index >= 15 is 0 Å². The molecular weight excluding hydrogens is 322 g/mol. The second-order valence-electron chi connectivity index (χ2n) is 5.97. The van der Waals surface area contributed by atoms with E-state index in [0.29, 0.717) is 23.7 Å². The number of hydrogen-bond donors (Lipinski definition) is 1. The number of rotatable bonds is 7. The number of carbonyl (C=O) groups is 2. The lowest BCUT2D eigenvalue weighted by Crippen LogP contribution is -2.22. The molecule has 2 aromatic rings. The Bertz CT molecular complexity index is 733. The fourth-order valence-corrected chi connectivity index (χ4v) is 2.67. The molecule has 3 rings (SSSR count). The summed E-state index contributed by atoms with van der Waals surface area (Å²) >= 11 is 0. The molecule has 0 spiro atoms. The maximum atomic E-state index is 12.3. The summed E-state index contributed by atoms with van der Waals surface area (Å²) in [5.74, 6) is -0.0224. The van der Waals surface area contributed by atoms with Gasteiger partial charge in [-0.25, -0.2) is 4.98 Å². The number of amides is 1. The number of carbonyl (C=O) groups excluding carboxylic acids is 2. The Balaban J connectivity index is 1.49. The van der Waals surface area contributed by atoms with Crippen LogP contribution in [0.1, 0.15) is 29.0 Å². The lowest BCUT2D eigenvalue weighted by atomic mass is 10.1. The van der Waals surface area contributed by atoms with Gasteiger partial charge < -0.3 is 19.4 Å². The lowest BCUT2D eigenvalue weighted by Gasteiger charge is -2.10. The smallest absolute Gasteiger partial charge is 0.250 e. The van der Waals surface area contributed by atoms with Gasteiger partial charge in [-0.2, -0.15) is 0 Å². The molecule has 7 nitrogen and oxygen atoms in total. The number of ether oxygens (including phenoxy) is 2. The number of aryl methyl sites for hydroxylation is 1. The van der Waals surface area contributed by atoms with Gasteiger partial charge in [0, 0.05) is 37.3 Å². The first kappa shape index (κ1) is 17.3. The quantitative estimate of drug-likeness (QED) is 0.775. The van der Waals surface area contributed by atoms with E-state index in [2.05, 4.69) is 10.3 Å². The number of hydrogen-bond acceptors (Lipinski definition) is 5. The number of imidazole rings is 1. The number of nitrogens with one attached hydrogen (secondary N) is 1. The Morgan fingerprint density at radius 3 is 2.80 bits per heavy atom. The third-order valence-corrected chi connectivity index (χ3v) is 4.02. The van der Waals surface area contributed by atoms with Crippen molar-refractivity contribution in [3.8, 4) is 0 Å². The molecule has 1 aromatic carbocycles. The average molecular weight is 343 g/mol. The highest BCUT2D eigenvalue weighted by Crippen LogP contribution is 2.14. The van der Waals surface area contributed by atoms with Crippen LogP contribution in [0, 0.1) is 0 Å². The first-order valence-corrected chi connectivity index (χ1v) is 8.25. The van der Waals surface area contributed by atoms with Crippen LogP contribution in [0.25, 0.3) is 0 Å². The van der Waals surface area contributed by atoms with Gasteiger partial charge >= 0.3 is 0 Å². The van der Waals surface area contributed by atoms with Crippen molar-refractivity contribution in [3.63, 3.8) is 0 Å². The van der Waals surface area contributed by atoms with Gasteiger partial charge in [-0.05, 0) is 37.1 Å². The summed E-state index contributed by atoms with van der Waals surface area (Å²) in [5, 5.41) is 2.74. The molecule has 0 unspecified atom stereocenters. The minimum atomic E-state index is -0.235. The molecule has 0 saturated carbocycles. The highest BCUT2D eigenvalue weighted by atomic mass is 16.5. The second-order valence-corrected chi connectivity index (χ2v) is 5.97. The van der Waals surface area contributed by atoms with Crippen molar-refractivity contribution < 1.29 is 19.1 Å². The molecule has 1 amide bonds. The van der Waals surface area contributed by atoms with Crippen LogP contribution >= 0.6 is 0 Å². The van der Waals surface area contributed by atoms with E-state index in [-0.39, 0.29) is 24.4 Å². The SMILES string of the molecule is Cn1ccnc1C(=O)c1ccc(NC(=O)COC[C@H]2CCCO2)cc1. The largest absolute Gasteiger partial charge is 0.376 e. The molecule has 0 aliphatic carbocycles. The Morgan fingerprint density at radius 1 is 1.36 bits per heavy atom. The van der Waals surface area contributed by atoms with Crippen LogP contribution < -0.4 is 5.32 Å². The average Bonchev–Trinajstić information content (AvgIpc) is 3.26. The molecule has 1 saturated heterocycles. The molecule has 1 aliphatic heterocycles. The number of benzene rings is 1. The molecule has 1 fully saturated rings. The van der Waals surface area contributed by atoms with Gasteiger partial charge in [-0.15, -0.1) is 0 Å². The molecule has 1 aliphatic rings. The first-order chi connectivity index (χ1) is 12.1. The van der Waals surface area contributed by atoms with Crippen molar-refractivity contribution >= 4 is 17.4 Å². The maximum absolute atomic E-state index is 12.3. The van der Waals surface area contributed by atoms with Crippen molar-refractivity contribution in [1.29, 1.82) is 0 Å². The van der Waals surface area contributed by atoms with Crippen LogP contribution in [-0.2, 0) is 21.3 Å². The van der Waals surface area contributed by atoms with Crippen LogP contribution in [0.3, 0.4) is 0 Å².